The monoisotopic (exact) mass is 478 g/mol. The molecule has 2 heterocycles. The Hall–Kier alpha value is -3.22. The molecule has 2 aromatic carbocycles. The number of imidazole rings is 1. The van der Waals surface area contributed by atoms with Crippen molar-refractivity contribution in [1.29, 1.82) is 0 Å². The van der Waals surface area contributed by atoms with E-state index < -0.39 is 0 Å². The Kier molecular flexibility index (Phi) is 7.53. The summed E-state index contributed by atoms with van der Waals surface area (Å²) in [4.78, 5) is 35.0. The number of hydrogen-bond donors (Lipinski definition) is 0. The van der Waals surface area contributed by atoms with Gasteiger partial charge in [-0.2, -0.15) is 0 Å². The lowest BCUT2D eigenvalue weighted by molar-refractivity contribution is -0.133. The Balaban J connectivity index is 1.59. The second-order valence-electron chi connectivity index (χ2n) is 10.4. The van der Waals surface area contributed by atoms with Gasteiger partial charge in [0.15, 0.2) is 0 Å². The third-order valence-corrected chi connectivity index (χ3v) is 6.37. The van der Waals surface area contributed by atoms with Gasteiger partial charge in [-0.25, -0.2) is 9.37 Å². The lowest BCUT2D eigenvalue weighted by atomic mass is 10.1. The zero-order valence-electron chi connectivity index (χ0n) is 21.1. The van der Waals surface area contributed by atoms with E-state index in [0.717, 1.165) is 22.4 Å². The molecule has 0 saturated carbocycles. The van der Waals surface area contributed by atoms with E-state index in [4.69, 9.17) is 4.98 Å². The number of hydrogen-bond acceptors (Lipinski definition) is 3. The van der Waals surface area contributed by atoms with Crippen LogP contribution in [0, 0.1) is 17.7 Å². The van der Waals surface area contributed by atoms with Crippen molar-refractivity contribution in [3.8, 4) is 0 Å². The number of carbonyl (C=O) groups is 2. The lowest BCUT2D eigenvalue weighted by Gasteiger charge is -2.27. The second-order valence-corrected chi connectivity index (χ2v) is 10.4. The maximum atomic E-state index is 13.5. The minimum Gasteiger partial charge on any atom is -0.341 e. The molecule has 7 heteroatoms. The number of amides is 2. The van der Waals surface area contributed by atoms with E-state index in [9.17, 15) is 14.0 Å². The van der Waals surface area contributed by atoms with Crippen LogP contribution in [-0.4, -0.2) is 50.8 Å². The number of aromatic nitrogens is 2. The first-order valence-electron chi connectivity index (χ1n) is 12.5. The van der Waals surface area contributed by atoms with Gasteiger partial charge < -0.3 is 14.4 Å². The summed E-state index contributed by atoms with van der Waals surface area (Å²) >= 11 is 0. The predicted octanol–water partition coefficient (Wildman–Crippen LogP) is 4.83. The molecule has 0 N–H and O–H groups in total. The Labute approximate surface area is 206 Å². The van der Waals surface area contributed by atoms with E-state index in [0.29, 0.717) is 44.4 Å². The first-order valence-corrected chi connectivity index (χ1v) is 12.5. The molecule has 0 radical (unpaired) electrons. The van der Waals surface area contributed by atoms with E-state index in [2.05, 4.69) is 27.7 Å². The van der Waals surface area contributed by atoms with Crippen molar-refractivity contribution >= 4 is 22.8 Å². The SMILES string of the molecule is CC(C)CN(CC(C)C)C(=O)Cn1c(C2CC(=O)N(Cc3ccc(F)cc3)C2)nc2ccccc21. The van der Waals surface area contributed by atoms with Crippen molar-refractivity contribution in [2.45, 2.75) is 53.1 Å². The van der Waals surface area contributed by atoms with Gasteiger partial charge in [-0.15, -0.1) is 0 Å². The minimum absolute atomic E-state index is 0.0468. The number of likely N-dealkylation sites (tertiary alicyclic amines) is 1. The van der Waals surface area contributed by atoms with Crippen LogP contribution in [0.3, 0.4) is 0 Å². The molecule has 186 valence electrons. The van der Waals surface area contributed by atoms with Crippen molar-refractivity contribution in [3.63, 3.8) is 0 Å². The van der Waals surface area contributed by atoms with E-state index >= 15 is 0 Å². The molecule has 1 unspecified atom stereocenters. The predicted molar refractivity (Wildman–Crippen MR) is 135 cm³/mol. The van der Waals surface area contributed by atoms with E-state index in [1.165, 1.54) is 12.1 Å². The van der Waals surface area contributed by atoms with Crippen LogP contribution in [-0.2, 0) is 22.7 Å². The fourth-order valence-corrected chi connectivity index (χ4v) is 4.88. The number of benzene rings is 2. The zero-order chi connectivity index (χ0) is 25.1. The highest BCUT2D eigenvalue weighted by atomic mass is 19.1. The first kappa shape index (κ1) is 24.9. The molecular formula is C28H35FN4O2. The number of para-hydroxylation sites is 2. The van der Waals surface area contributed by atoms with Gasteiger partial charge in [0, 0.05) is 38.5 Å². The number of fused-ring (bicyclic) bond motifs is 1. The Morgan fingerprint density at radius 2 is 1.71 bits per heavy atom. The Morgan fingerprint density at radius 3 is 2.37 bits per heavy atom. The third kappa shape index (κ3) is 5.89. The number of halogens is 1. The molecule has 35 heavy (non-hydrogen) atoms. The molecule has 4 rings (SSSR count). The molecule has 1 fully saturated rings. The van der Waals surface area contributed by atoms with Crippen LogP contribution in [0.4, 0.5) is 4.39 Å². The lowest BCUT2D eigenvalue weighted by Crippen LogP contribution is -2.39. The summed E-state index contributed by atoms with van der Waals surface area (Å²) in [5.41, 5.74) is 2.63. The van der Waals surface area contributed by atoms with Crippen molar-refractivity contribution in [3.05, 3.63) is 65.7 Å². The molecule has 1 aromatic heterocycles. The third-order valence-electron chi connectivity index (χ3n) is 6.37. The van der Waals surface area contributed by atoms with Crippen LogP contribution in [0.1, 0.15) is 51.4 Å². The highest BCUT2D eigenvalue weighted by Gasteiger charge is 2.34. The van der Waals surface area contributed by atoms with Crippen molar-refractivity contribution in [2.24, 2.45) is 11.8 Å². The summed E-state index contributed by atoms with van der Waals surface area (Å²) in [6.07, 6.45) is 0.348. The van der Waals surface area contributed by atoms with Gasteiger partial charge >= 0.3 is 0 Å². The van der Waals surface area contributed by atoms with Crippen LogP contribution in [0.15, 0.2) is 48.5 Å². The van der Waals surface area contributed by atoms with E-state index in [1.54, 1.807) is 17.0 Å². The smallest absolute Gasteiger partial charge is 0.242 e. The molecule has 0 aliphatic carbocycles. The molecule has 3 aromatic rings. The number of nitrogens with zero attached hydrogens (tertiary/aromatic N) is 4. The highest BCUT2D eigenvalue weighted by molar-refractivity contribution is 5.83. The molecule has 2 amide bonds. The zero-order valence-corrected chi connectivity index (χ0v) is 21.1. The standard InChI is InChI=1S/C28H35FN4O2/c1-19(2)14-31(15-20(3)4)27(35)18-33-25-8-6-5-7-24(25)30-28(33)22-13-26(34)32(17-22)16-21-9-11-23(29)12-10-21/h5-12,19-20,22H,13-18H2,1-4H3. The van der Waals surface area contributed by atoms with Crippen molar-refractivity contribution in [1.82, 2.24) is 19.4 Å². The van der Waals surface area contributed by atoms with Crippen molar-refractivity contribution < 1.29 is 14.0 Å². The normalized spacial score (nSPS) is 16.1. The van der Waals surface area contributed by atoms with E-state index in [1.807, 2.05) is 33.7 Å². The largest absolute Gasteiger partial charge is 0.341 e. The van der Waals surface area contributed by atoms with Gasteiger partial charge in [0.25, 0.3) is 0 Å². The van der Waals surface area contributed by atoms with Crippen LogP contribution in [0.5, 0.6) is 0 Å². The average Bonchev–Trinajstić information content (AvgIpc) is 3.34. The Morgan fingerprint density at radius 1 is 1.06 bits per heavy atom. The van der Waals surface area contributed by atoms with Crippen LogP contribution >= 0.6 is 0 Å². The fraction of sp³-hybridized carbons (Fsp3) is 0.464. The fourth-order valence-electron chi connectivity index (χ4n) is 4.88. The molecule has 6 nitrogen and oxygen atoms in total. The number of carbonyl (C=O) groups excluding carboxylic acids is 2. The molecular weight excluding hydrogens is 443 g/mol. The minimum atomic E-state index is -0.290. The summed E-state index contributed by atoms with van der Waals surface area (Å²) in [7, 11) is 0. The summed E-state index contributed by atoms with van der Waals surface area (Å²) < 4.78 is 15.3. The van der Waals surface area contributed by atoms with Gasteiger partial charge in [-0.3, -0.25) is 9.59 Å². The quantitative estimate of drug-likeness (QED) is 0.443. The molecule has 1 aliphatic heterocycles. The van der Waals surface area contributed by atoms with Gasteiger partial charge in [-0.05, 0) is 41.7 Å². The highest BCUT2D eigenvalue weighted by Crippen LogP contribution is 2.31. The summed E-state index contributed by atoms with van der Waals surface area (Å²) in [6.45, 7) is 11.1. The topological polar surface area (TPSA) is 58.4 Å². The van der Waals surface area contributed by atoms with Crippen molar-refractivity contribution in [2.75, 3.05) is 19.6 Å². The summed E-state index contributed by atoms with van der Waals surface area (Å²) in [5.74, 6) is 1.26. The molecule has 1 aliphatic rings. The maximum absolute atomic E-state index is 13.5. The van der Waals surface area contributed by atoms with Gasteiger partial charge in [0.2, 0.25) is 11.8 Å². The molecule has 1 atom stereocenters. The van der Waals surface area contributed by atoms with Crippen LogP contribution in [0.2, 0.25) is 0 Å². The maximum Gasteiger partial charge on any atom is 0.242 e. The molecule has 1 saturated heterocycles. The first-order chi connectivity index (χ1) is 16.7. The summed E-state index contributed by atoms with van der Waals surface area (Å²) in [5, 5.41) is 0. The Bertz CT molecular complexity index is 1180. The molecule has 0 spiro atoms. The van der Waals surface area contributed by atoms with Gasteiger partial charge in [-0.1, -0.05) is 52.0 Å². The van der Waals surface area contributed by atoms with Gasteiger partial charge in [0.1, 0.15) is 18.2 Å². The second kappa shape index (κ2) is 10.6. The van der Waals surface area contributed by atoms with Gasteiger partial charge in [0.05, 0.1) is 11.0 Å². The average molecular weight is 479 g/mol. The summed E-state index contributed by atoms with van der Waals surface area (Å²) in [6, 6.07) is 14.1. The van der Waals surface area contributed by atoms with Crippen LogP contribution in [0.25, 0.3) is 11.0 Å². The molecule has 0 bridgehead atoms. The number of rotatable bonds is 9. The van der Waals surface area contributed by atoms with E-state index in [-0.39, 0.29) is 30.1 Å². The van der Waals surface area contributed by atoms with Crippen LogP contribution < -0.4 is 0 Å².